The van der Waals surface area contributed by atoms with Crippen LogP contribution in [0.15, 0.2) is 40.7 Å². The van der Waals surface area contributed by atoms with Crippen LogP contribution >= 0.6 is 11.3 Å². The largest absolute Gasteiger partial charge is 0.328 e. The number of hydrogen-bond acceptors (Lipinski definition) is 6. The van der Waals surface area contributed by atoms with Crippen molar-refractivity contribution in [1.29, 1.82) is 0 Å². The zero-order chi connectivity index (χ0) is 23.4. The molecule has 8 nitrogen and oxygen atoms in total. The molecule has 1 saturated heterocycles. The number of thiazole rings is 1. The Balaban J connectivity index is 1.51. The number of piperazine rings is 1. The van der Waals surface area contributed by atoms with E-state index in [2.05, 4.69) is 10.3 Å². The number of anilines is 1. The maximum Gasteiger partial charge on any atom is 0.248 e. The number of carbonyl (C=O) groups is 2. The number of nitrogens with one attached hydrogen (secondary N) is 1. The van der Waals surface area contributed by atoms with Gasteiger partial charge in [0.1, 0.15) is 6.04 Å². The molecule has 0 spiro atoms. The van der Waals surface area contributed by atoms with Gasteiger partial charge in [-0.05, 0) is 30.9 Å². The van der Waals surface area contributed by atoms with Gasteiger partial charge >= 0.3 is 0 Å². The maximum absolute atomic E-state index is 13.2. The molecule has 1 aliphatic carbocycles. The number of aryl methyl sites for hydroxylation is 1. The molecule has 33 heavy (non-hydrogen) atoms. The highest BCUT2D eigenvalue weighted by Gasteiger charge is 2.39. The van der Waals surface area contributed by atoms with E-state index in [4.69, 9.17) is 0 Å². The molecule has 178 valence electrons. The lowest BCUT2D eigenvalue weighted by atomic mass is 9.84. The third-order valence-electron chi connectivity index (χ3n) is 6.56. The van der Waals surface area contributed by atoms with Gasteiger partial charge < -0.3 is 10.2 Å². The normalized spacial score (nSPS) is 19.4. The number of carbonyl (C=O) groups excluding carboxylic acids is 2. The van der Waals surface area contributed by atoms with Gasteiger partial charge in [-0.1, -0.05) is 50.3 Å². The molecule has 1 saturated carbocycles. The third-order valence-corrected chi connectivity index (χ3v) is 9.25. The quantitative estimate of drug-likeness (QED) is 0.642. The first-order valence-corrected chi connectivity index (χ1v) is 13.7. The van der Waals surface area contributed by atoms with E-state index in [1.54, 1.807) is 47.7 Å². The minimum atomic E-state index is -3.79. The van der Waals surface area contributed by atoms with E-state index in [-0.39, 0.29) is 36.3 Å². The van der Waals surface area contributed by atoms with Gasteiger partial charge in [0.05, 0.1) is 11.4 Å². The van der Waals surface area contributed by atoms with Crippen molar-refractivity contribution in [2.45, 2.75) is 56.4 Å². The monoisotopic (exact) mass is 490 g/mol. The Bertz CT molecular complexity index is 1080. The van der Waals surface area contributed by atoms with E-state index in [1.807, 2.05) is 0 Å². The Morgan fingerprint density at radius 2 is 1.97 bits per heavy atom. The Morgan fingerprint density at radius 3 is 2.64 bits per heavy atom. The number of sulfonamides is 1. The van der Waals surface area contributed by atoms with Crippen molar-refractivity contribution in [2.75, 3.05) is 25.0 Å². The van der Waals surface area contributed by atoms with E-state index in [0.29, 0.717) is 23.0 Å². The molecule has 1 aromatic heterocycles. The van der Waals surface area contributed by atoms with E-state index in [0.717, 1.165) is 25.7 Å². The number of rotatable bonds is 7. The van der Waals surface area contributed by atoms with Gasteiger partial charge in [0, 0.05) is 24.7 Å². The maximum atomic E-state index is 13.2. The average Bonchev–Trinajstić information content (AvgIpc) is 3.31. The molecule has 4 rings (SSSR count). The Morgan fingerprint density at radius 1 is 1.21 bits per heavy atom. The van der Waals surface area contributed by atoms with Gasteiger partial charge in [-0.2, -0.15) is 4.31 Å². The number of hydrogen-bond donors (Lipinski definition) is 1. The summed E-state index contributed by atoms with van der Waals surface area (Å²) in [7, 11) is -3.79. The molecular weight excluding hydrogens is 460 g/mol. The Kier molecular flexibility index (Phi) is 7.45. The predicted octanol–water partition coefficient (Wildman–Crippen LogP) is 3.26. The first kappa shape index (κ1) is 23.8. The lowest BCUT2D eigenvalue weighted by Gasteiger charge is -2.39. The van der Waals surface area contributed by atoms with Gasteiger partial charge in [0.15, 0.2) is 5.13 Å². The predicted molar refractivity (Wildman–Crippen MR) is 127 cm³/mol. The highest BCUT2D eigenvalue weighted by atomic mass is 32.2. The molecule has 1 atom stereocenters. The minimum absolute atomic E-state index is 0.161. The van der Waals surface area contributed by atoms with Crippen LogP contribution in [-0.2, 0) is 19.6 Å². The molecule has 1 unspecified atom stereocenters. The molecule has 1 N–H and O–H groups in total. The number of aromatic nitrogens is 1. The fourth-order valence-electron chi connectivity index (χ4n) is 4.77. The number of benzene rings is 1. The summed E-state index contributed by atoms with van der Waals surface area (Å²) in [5, 5.41) is 5.13. The van der Waals surface area contributed by atoms with E-state index < -0.39 is 16.1 Å². The van der Waals surface area contributed by atoms with Crippen LogP contribution in [0, 0.1) is 12.8 Å². The molecule has 10 heteroatoms. The standard InChI is InChI=1S/C23H30N4O4S2/c1-17-7-5-6-10-20(17)33(30,31)26-12-13-27(21(28)16-26)19(15-18-8-3-2-4-9-18)22(29)25-23-24-11-14-32-23/h5-7,10-11,14,18-19H,2-4,8-9,12-13,15-16H2,1H3,(H,24,25,29). The van der Waals surface area contributed by atoms with Gasteiger partial charge in [0.2, 0.25) is 21.8 Å². The van der Waals surface area contributed by atoms with Crippen molar-refractivity contribution >= 4 is 38.3 Å². The zero-order valence-corrected chi connectivity index (χ0v) is 20.4. The molecule has 0 bridgehead atoms. The summed E-state index contributed by atoms with van der Waals surface area (Å²) in [6, 6.07) is 6.14. The average molecular weight is 491 g/mol. The fraction of sp³-hybridized carbons (Fsp3) is 0.522. The SMILES string of the molecule is Cc1ccccc1S(=O)(=O)N1CCN(C(CC2CCCCC2)C(=O)Nc2nccs2)C(=O)C1. The van der Waals surface area contributed by atoms with Crippen molar-refractivity contribution in [3.8, 4) is 0 Å². The topological polar surface area (TPSA) is 99.7 Å². The van der Waals surface area contributed by atoms with Gasteiger partial charge in [-0.3, -0.25) is 9.59 Å². The van der Waals surface area contributed by atoms with Crippen LogP contribution < -0.4 is 5.32 Å². The van der Waals surface area contributed by atoms with Crippen molar-refractivity contribution in [3.05, 3.63) is 41.4 Å². The molecule has 2 fully saturated rings. The molecular formula is C23H30N4O4S2. The Hall–Kier alpha value is -2.30. The third kappa shape index (κ3) is 5.44. The van der Waals surface area contributed by atoms with Crippen LogP contribution in [0.2, 0.25) is 0 Å². The lowest BCUT2D eigenvalue weighted by Crippen LogP contribution is -2.58. The van der Waals surface area contributed by atoms with Crippen LogP contribution in [-0.4, -0.2) is 60.1 Å². The smallest absolute Gasteiger partial charge is 0.248 e. The second-order valence-electron chi connectivity index (χ2n) is 8.77. The fourth-order valence-corrected chi connectivity index (χ4v) is 6.91. The molecule has 2 aliphatic rings. The van der Waals surface area contributed by atoms with E-state index in [1.165, 1.54) is 22.1 Å². The second kappa shape index (κ2) is 10.3. The van der Waals surface area contributed by atoms with Gasteiger partial charge in [-0.25, -0.2) is 13.4 Å². The van der Waals surface area contributed by atoms with Crippen molar-refractivity contribution in [3.63, 3.8) is 0 Å². The highest BCUT2D eigenvalue weighted by molar-refractivity contribution is 7.89. The molecule has 2 amide bonds. The number of nitrogens with zero attached hydrogens (tertiary/aromatic N) is 3. The first-order chi connectivity index (χ1) is 15.9. The molecule has 1 aliphatic heterocycles. The van der Waals surface area contributed by atoms with Gasteiger partial charge in [-0.15, -0.1) is 11.3 Å². The molecule has 2 aromatic rings. The van der Waals surface area contributed by atoms with Crippen LogP contribution in [0.1, 0.15) is 44.1 Å². The van der Waals surface area contributed by atoms with Crippen LogP contribution in [0.5, 0.6) is 0 Å². The summed E-state index contributed by atoms with van der Waals surface area (Å²) in [6.45, 7) is 1.83. The Labute approximate surface area is 199 Å². The first-order valence-electron chi connectivity index (χ1n) is 11.4. The zero-order valence-electron chi connectivity index (χ0n) is 18.8. The van der Waals surface area contributed by atoms with Crippen molar-refractivity contribution in [2.24, 2.45) is 5.92 Å². The van der Waals surface area contributed by atoms with Crippen molar-refractivity contribution < 1.29 is 18.0 Å². The molecule has 1 aromatic carbocycles. The summed E-state index contributed by atoms with van der Waals surface area (Å²) in [6.07, 6.45) is 7.81. The van der Waals surface area contributed by atoms with E-state index in [9.17, 15) is 18.0 Å². The van der Waals surface area contributed by atoms with Crippen LogP contribution in [0.3, 0.4) is 0 Å². The van der Waals surface area contributed by atoms with Gasteiger partial charge in [0.25, 0.3) is 0 Å². The van der Waals surface area contributed by atoms with E-state index >= 15 is 0 Å². The highest BCUT2D eigenvalue weighted by Crippen LogP contribution is 2.30. The summed E-state index contributed by atoms with van der Waals surface area (Å²) in [5.74, 6) is -0.208. The van der Waals surface area contributed by atoms with Crippen LogP contribution in [0.4, 0.5) is 5.13 Å². The summed E-state index contributed by atoms with van der Waals surface area (Å²) < 4.78 is 27.5. The molecule has 2 heterocycles. The summed E-state index contributed by atoms with van der Waals surface area (Å²) in [4.78, 5) is 32.3. The van der Waals surface area contributed by atoms with Crippen molar-refractivity contribution in [1.82, 2.24) is 14.2 Å². The summed E-state index contributed by atoms with van der Waals surface area (Å²) >= 11 is 1.33. The minimum Gasteiger partial charge on any atom is -0.328 e. The number of amides is 2. The second-order valence-corrected chi connectivity index (χ2v) is 11.6. The van der Waals surface area contributed by atoms with Crippen LogP contribution in [0.25, 0.3) is 0 Å². The summed E-state index contributed by atoms with van der Waals surface area (Å²) in [5.41, 5.74) is 0.644. The lowest BCUT2D eigenvalue weighted by molar-refractivity contribution is -0.142. The molecule has 0 radical (unpaired) electrons.